The summed E-state index contributed by atoms with van der Waals surface area (Å²) >= 11 is 1.63. The van der Waals surface area contributed by atoms with E-state index in [2.05, 4.69) is 45.6 Å². The van der Waals surface area contributed by atoms with Crippen LogP contribution >= 0.6 is 11.3 Å². The van der Waals surface area contributed by atoms with E-state index in [-0.39, 0.29) is 23.5 Å². The number of hydrogen-bond donors (Lipinski definition) is 0. The fraction of sp³-hybridized carbons (Fsp3) is 0.577. The van der Waals surface area contributed by atoms with Crippen molar-refractivity contribution in [3.05, 3.63) is 44.8 Å². The zero-order valence-electron chi connectivity index (χ0n) is 20.4. The van der Waals surface area contributed by atoms with E-state index in [0.717, 1.165) is 33.9 Å². The van der Waals surface area contributed by atoms with E-state index >= 15 is 0 Å². The molecule has 176 valence electrons. The van der Waals surface area contributed by atoms with Crippen LogP contribution in [0.2, 0.25) is 0 Å². The van der Waals surface area contributed by atoms with Crippen LogP contribution in [0.15, 0.2) is 17.5 Å². The van der Waals surface area contributed by atoms with Crippen molar-refractivity contribution in [2.75, 3.05) is 24.5 Å². The first kappa shape index (κ1) is 23.7. The normalized spacial score (nSPS) is 20.0. The maximum atomic E-state index is 13.0. The third-order valence-corrected chi connectivity index (χ3v) is 7.65. The lowest BCUT2D eigenvalue weighted by atomic mass is 9.86. The molecule has 0 radical (unpaired) electrons. The van der Waals surface area contributed by atoms with Gasteiger partial charge in [0.15, 0.2) is 0 Å². The number of carbonyl (C=O) groups excluding carboxylic acids is 1. The topological polar surface area (TPSA) is 69.5 Å². The highest BCUT2D eigenvalue weighted by Gasteiger charge is 2.36. The van der Waals surface area contributed by atoms with Crippen LogP contribution in [-0.4, -0.2) is 47.1 Å². The molecule has 1 amide bonds. The average Bonchev–Trinajstić information content (AvgIpc) is 3.29. The molecule has 6 nitrogen and oxygen atoms in total. The van der Waals surface area contributed by atoms with E-state index in [1.165, 1.54) is 0 Å². The molecule has 0 saturated carbocycles. The summed E-state index contributed by atoms with van der Waals surface area (Å²) in [5, 5.41) is 12.2. The van der Waals surface area contributed by atoms with Gasteiger partial charge in [0.25, 0.3) is 0 Å². The first-order valence-electron chi connectivity index (χ1n) is 11.9. The van der Waals surface area contributed by atoms with Crippen LogP contribution in [0.1, 0.15) is 74.2 Å². The standard InChI is InChI=1S/C26H34N4O2S/c1-6-18-15-29(9-10-30(18)23(31)12-19-8-7-11-33-19)25-21(14-27)20-13-26(4,5)32-16-22(20)24(28-25)17(2)3/h7-8,11,17-18H,6,9-10,12-13,15-16H2,1-5H3. The van der Waals surface area contributed by atoms with Crippen LogP contribution in [0.25, 0.3) is 0 Å². The molecule has 0 spiro atoms. The number of piperazine rings is 1. The molecule has 0 bridgehead atoms. The van der Waals surface area contributed by atoms with Crippen LogP contribution in [0, 0.1) is 11.3 Å². The Kier molecular flexibility index (Phi) is 6.78. The summed E-state index contributed by atoms with van der Waals surface area (Å²) in [5.74, 6) is 1.21. The van der Waals surface area contributed by atoms with Crippen LogP contribution in [-0.2, 0) is 29.0 Å². The Bertz CT molecular complexity index is 1060. The molecule has 4 heterocycles. The molecule has 2 aliphatic rings. The molecular weight excluding hydrogens is 432 g/mol. The van der Waals surface area contributed by atoms with Crippen molar-refractivity contribution in [2.45, 2.75) is 78.0 Å². The molecule has 0 aromatic carbocycles. The Balaban J connectivity index is 1.65. The van der Waals surface area contributed by atoms with Gasteiger partial charge in [-0.05, 0) is 43.2 Å². The lowest BCUT2D eigenvalue weighted by molar-refractivity contribution is -0.133. The number of ether oxygens (including phenoxy) is 1. The number of nitriles is 1. The van der Waals surface area contributed by atoms with E-state index in [1.807, 2.05) is 22.4 Å². The molecule has 2 aromatic rings. The number of hydrogen-bond acceptors (Lipinski definition) is 6. The summed E-state index contributed by atoms with van der Waals surface area (Å²) in [6.45, 7) is 13.1. The second-order valence-corrected chi connectivity index (χ2v) is 11.0. The van der Waals surface area contributed by atoms with Crippen molar-refractivity contribution in [3.63, 3.8) is 0 Å². The predicted molar refractivity (Wildman–Crippen MR) is 132 cm³/mol. The molecule has 0 aliphatic carbocycles. The largest absolute Gasteiger partial charge is 0.370 e. The Morgan fingerprint density at radius 3 is 2.79 bits per heavy atom. The van der Waals surface area contributed by atoms with Gasteiger partial charge >= 0.3 is 0 Å². The van der Waals surface area contributed by atoms with E-state index in [4.69, 9.17) is 9.72 Å². The molecule has 0 N–H and O–H groups in total. The number of anilines is 1. The molecular formula is C26H34N4O2S. The van der Waals surface area contributed by atoms with E-state index in [0.29, 0.717) is 44.6 Å². The van der Waals surface area contributed by atoms with Crippen molar-refractivity contribution in [1.82, 2.24) is 9.88 Å². The highest BCUT2D eigenvalue weighted by atomic mass is 32.1. The van der Waals surface area contributed by atoms with Gasteiger partial charge < -0.3 is 14.5 Å². The summed E-state index contributed by atoms with van der Waals surface area (Å²) in [5.41, 5.74) is 3.58. The molecule has 1 unspecified atom stereocenters. The first-order valence-corrected chi connectivity index (χ1v) is 12.8. The molecule has 7 heteroatoms. The van der Waals surface area contributed by atoms with Gasteiger partial charge in [0, 0.05) is 42.5 Å². The number of thiophene rings is 1. The second-order valence-electron chi connectivity index (χ2n) is 10.00. The van der Waals surface area contributed by atoms with E-state index < -0.39 is 0 Å². The molecule has 2 aliphatic heterocycles. The maximum Gasteiger partial charge on any atom is 0.228 e. The highest BCUT2D eigenvalue weighted by Crippen LogP contribution is 2.38. The van der Waals surface area contributed by atoms with Crippen molar-refractivity contribution >= 4 is 23.1 Å². The smallest absolute Gasteiger partial charge is 0.228 e. The Morgan fingerprint density at radius 1 is 1.36 bits per heavy atom. The number of pyridine rings is 1. The van der Waals surface area contributed by atoms with Gasteiger partial charge in [-0.1, -0.05) is 26.8 Å². The zero-order valence-corrected chi connectivity index (χ0v) is 21.2. The van der Waals surface area contributed by atoms with Crippen molar-refractivity contribution < 1.29 is 9.53 Å². The molecule has 1 saturated heterocycles. The van der Waals surface area contributed by atoms with Gasteiger partial charge in [-0.3, -0.25) is 4.79 Å². The summed E-state index contributed by atoms with van der Waals surface area (Å²) < 4.78 is 6.08. The Morgan fingerprint density at radius 2 is 2.15 bits per heavy atom. The van der Waals surface area contributed by atoms with Crippen molar-refractivity contribution in [3.8, 4) is 6.07 Å². The Hall–Kier alpha value is -2.43. The third kappa shape index (κ3) is 4.78. The van der Waals surface area contributed by atoms with Crippen LogP contribution in [0.3, 0.4) is 0 Å². The minimum Gasteiger partial charge on any atom is -0.370 e. The molecule has 4 rings (SSSR count). The quantitative estimate of drug-likeness (QED) is 0.641. The number of carbonyl (C=O) groups is 1. The zero-order chi connectivity index (χ0) is 23.8. The third-order valence-electron chi connectivity index (χ3n) is 6.77. The predicted octanol–water partition coefficient (Wildman–Crippen LogP) is 4.66. The molecule has 1 atom stereocenters. The fourth-order valence-corrected chi connectivity index (χ4v) is 5.69. The average molecular weight is 467 g/mol. The van der Waals surface area contributed by atoms with Crippen LogP contribution in [0.5, 0.6) is 0 Å². The molecule has 1 fully saturated rings. The highest BCUT2D eigenvalue weighted by molar-refractivity contribution is 7.10. The number of amides is 1. The summed E-state index contributed by atoms with van der Waals surface area (Å²) in [6.07, 6.45) is 2.04. The van der Waals surface area contributed by atoms with Gasteiger partial charge in [0.05, 0.1) is 29.9 Å². The van der Waals surface area contributed by atoms with Gasteiger partial charge in [0.2, 0.25) is 5.91 Å². The van der Waals surface area contributed by atoms with Gasteiger partial charge in [-0.2, -0.15) is 5.26 Å². The second kappa shape index (κ2) is 9.44. The van der Waals surface area contributed by atoms with Crippen molar-refractivity contribution in [2.24, 2.45) is 0 Å². The monoisotopic (exact) mass is 466 g/mol. The van der Waals surface area contributed by atoms with Gasteiger partial charge in [-0.25, -0.2) is 4.98 Å². The lowest BCUT2D eigenvalue weighted by Crippen LogP contribution is -2.56. The van der Waals surface area contributed by atoms with E-state index in [9.17, 15) is 10.1 Å². The van der Waals surface area contributed by atoms with Crippen LogP contribution < -0.4 is 4.90 Å². The maximum absolute atomic E-state index is 13.0. The number of aromatic nitrogens is 1. The Labute approximate surface area is 201 Å². The molecule has 33 heavy (non-hydrogen) atoms. The summed E-state index contributed by atoms with van der Waals surface area (Å²) in [7, 11) is 0. The number of nitrogens with zero attached hydrogens (tertiary/aromatic N) is 4. The molecule has 2 aromatic heterocycles. The van der Waals surface area contributed by atoms with Crippen LogP contribution in [0.4, 0.5) is 5.82 Å². The van der Waals surface area contributed by atoms with Gasteiger partial charge in [-0.15, -0.1) is 11.3 Å². The minimum atomic E-state index is -0.301. The minimum absolute atomic E-state index is 0.109. The summed E-state index contributed by atoms with van der Waals surface area (Å²) in [6, 6.07) is 6.61. The SMILES string of the molecule is CCC1CN(c2nc(C(C)C)c3c(c2C#N)CC(C)(C)OC3)CCN1C(=O)Cc1cccs1. The summed E-state index contributed by atoms with van der Waals surface area (Å²) in [4.78, 5) is 23.5. The van der Waals surface area contributed by atoms with Gasteiger partial charge in [0.1, 0.15) is 11.9 Å². The first-order chi connectivity index (χ1) is 15.7. The number of fused-ring (bicyclic) bond motifs is 1. The fourth-order valence-electron chi connectivity index (χ4n) is 4.99. The number of rotatable bonds is 5. The van der Waals surface area contributed by atoms with E-state index in [1.54, 1.807) is 11.3 Å². The van der Waals surface area contributed by atoms with Crippen molar-refractivity contribution in [1.29, 1.82) is 5.26 Å². The lowest BCUT2D eigenvalue weighted by Gasteiger charge is -2.43.